The van der Waals surface area contributed by atoms with Gasteiger partial charge >= 0.3 is 0 Å². The van der Waals surface area contributed by atoms with Crippen molar-refractivity contribution in [1.29, 1.82) is 0 Å². The predicted octanol–water partition coefficient (Wildman–Crippen LogP) is 3.08. The maximum absolute atomic E-state index is 12.2. The largest absolute Gasteiger partial charge is 0.352 e. The maximum atomic E-state index is 12.2. The second-order valence-electron chi connectivity index (χ2n) is 8.96. The molecule has 19 heavy (non-hydrogen) atoms. The molecule has 0 aliphatic heterocycles. The lowest BCUT2D eigenvalue weighted by atomic mass is 9.63. The summed E-state index contributed by atoms with van der Waals surface area (Å²) in [7, 11) is 0. The Labute approximate surface area is 118 Å². The van der Waals surface area contributed by atoms with Crippen LogP contribution < -0.4 is 11.1 Å². The molecule has 1 rings (SSSR count). The molecule has 0 spiro atoms. The maximum Gasteiger partial charge on any atom is 0.237 e. The summed E-state index contributed by atoms with van der Waals surface area (Å²) in [5.74, 6) is -0.00833. The van der Waals surface area contributed by atoms with Crippen LogP contribution in [0.4, 0.5) is 0 Å². The van der Waals surface area contributed by atoms with Crippen molar-refractivity contribution in [2.24, 2.45) is 22.0 Å². The summed E-state index contributed by atoms with van der Waals surface area (Å²) in [5.41, 5.74) is 6.41. The number of hydrogen-bond acceptors (Lipinski definition) is 2. The van der Waals surface area contributed by atoms with Crippen molar-refractivity contribution >= 4 is 5.91 Å². The number of nitrogens with two attached hydrogens (primary N) is 1. The quantitative estimate of drug-likeness (QED) is 0.808. The van der Waals surface area contributed by atoms with E-state index in [-0.39, 0.29) is 28.2 Å². The predicted molar refractivity (Wildman–Crippen MR) is 80.8 cm³/mol. The van der Waals surface area contributed by atoms with Crippen LogP contribution in [0.5, 0.6) is 0 Å². The van der Waals surface area contributed by atoms with E-state index in [4.69, 9.17) is 5.73 Å². The highest BCUT2D eigenvalue weighted by Crippen LogP contribution is 2.45. The molecule has 112 valence electrons. The molecule has 1 fully saturated rings. The summed E-state index contributed by atoms with van der Waals surface area (Å²) in [5, 5.41) is 3.17. The molecular formula is C16H32N2O. The van der Waals surface area contributed by atoms with Crippen LogP contribution >= 0.6 is 0 Å². The van der Waals surface area contributed by atoms with Gasteiger partial charge in [0.25, 0.3) is 0 Å². The Morgan fingerprint density at radius 2 is 1.58 bits per heavy atom. The van der Waals surface area contributed by atoms with Gasteiger partial charge in [0, 0.05) is 6.04 Å². The van der Waals surface area contributed by atoms with Gasteiger partial charge < -0.3 is 11.1 Å². The number of carbonyl (C=O) groups is 1. The van der Waals surface area contributed by atoms with Gasteiger partial charge in [-0.3, -0.25) is 4.79 Å². The van der Waals surface area contributed by atoms with Gasteiger partial charge in [-0.2, -0.15) is 0 Å². The molecule has 3 heteroatoms. The van der Waals surface area contributed by atoms with Crippen LogP contribution in [-0.4, -0.2) is 18.0 Å². The van der Waals surface area contributed by atoms with Crippen molar-refractivity contribution in [2.45, 2.75) is 79.8 Å². The standard InChI is InChI=1S/C16H32N2O/c1-14(2,3)12(17)13(19)18-11-8-15(4,5)10-16(6,7)9-11/h11-12H,8-10,17H2,1-7H3,(H,18,19)/t12-/m1/s1. The van der Waals surface area contributed by atoms with E-state index in [2.05, 4.69) is 33.0 Å². The Morgan fingerprint density at radius 3 is 1.95 bits per heavy atom. The van der Waals surface area contributed by atoms with Crippen molar-refractivity contribution in [3.63, 3.8) is 0 Å². The van der Waals surface area contributed by atoms with E-state index in [1.165, 1.54) is 6.42 Å². The smallest absolute Gasteiger partial charge is 0.237 e. The third-order valence-electron chi connectivity index (χ3n) is 4.12. The SMILES string of the molecule is CC1(C)CC(NC(=O)[C@@H](N)C(C)(C)C)CC(C)(C)C1. The summed E-state index contributed by atoms with van der Waals surface area (Å²) in [6, 6.07) is -0.194. The first-order valence-corrected chi connectivity index (χ1v) is 7.38. The van der Waals surface area contributed by atoms with E-state index in [9.17, 15) is 4.79 Å². The van der Waals surface area contributed by atoms with Crippen LogP contribution in [0.15, 0.2) is 0 Å². The minimum atomic E-state index is -0.444. The fourth-order valence-electron chi connectivity index (χ4n) is 3.63. The lowest BCUT2D eigenvalue weighted by Gasteiger charge is -2.45. The van der Waals surface area contributed by atoms with Gasteiger partial charge in [0.15, 0.2) is 0 Å². The molecule has 1 aliphatic carbocycles. The van der Waals surface area contributed by atoms with Gasteiger partial charge in [-0.25, -0.2) is 0 Å². The third-order valence-corrected chi connectivity index (χ3v) is 4.12. The molecule has 0 unspecified atom stereocenters. The average molecular weight is 268 g/mol. The molecule has 1 saturated carbocycles. The summed E-state index contributed by atoms with van der Waals surface area (Å²) in [6.07, 6.45) is 3.29. The molecule has 1 amide bonds. The topological polar surface area (TPSA) is 55.1 Å². The summed E-state index contributed by atoms with van der Waals surface area (Å²) in [4.78, 5) is 12.2. The fraction of sp³-hybridized carbons (Fsp3) is 0.938. The second kappa shape index (κ2) is 5.08. The normalized spacial score (nSPS) is 24.8. The first kappa shape index (κ1) is 16.5. The van der Waals surface area contributed by atoms with E-state index < -0.39 is 6.04 Å². The van der Waals surface area contributed by atoms with Crippen molar-refractivity contribution < 1.29 is 4.79 Å². The minimum Gasteiger partial charge on any atom is -0.352 e. The van der Waals surface area contributed by atoms with E-state index in [1.807, 2.05) is 20.8 Å². The lowest BCUT2D eigenvalue weighted by Crippen LogP contribution is -2.54. The lowest BCUT2D eigenvalue weighted by molar-refractivity contribution is -0.126. The monoisotopic (exact) mass is 268 g/mol. The van der Waals surface area contributed by atoms with Crippen molar-refractivity contribution in [2.75, 3.05) is 0 Å². The van der Waals surface area contributed by atoms with Crippen LogP contribution in [0, 0.1) is 16.2 Å². The van der Waals surface area contributed by atoms with Gasteiger partial charge in [0.05, 0.1) is 6.04 Å². The van der Waals surface area contributed by atoms with Gasteiger partial charge in [-0.15, -0.1) is 0 Å². The summed E-state index contributed by atoms with van der Waals surface area (Å²) < 4.78 is 0. The molecular weight excluding hydrogens is 236 g/mol. The third kappa shape index (κ3) is 4.79. The molecule has 3 nitrogen and oxygen atoms in total. The van der Waals surface area contributed by atoms with Gasteiger partial charge in [-0.05, 0) is 35.5 Å². The van der Waals surface area contributed by atoms with E-state index >= 15 is 0 Å². The van der Waals surface area contributed by atoms with Gasteiger partial charge in [-0.1, -0.05) is 48.5 Å². The zero-order chi connectivity index (χ0) is 15.1. The van der Waals surface area contributed by atoms with Gasteiger partial charge in [0.1, 0.15) is 0 Å². The Balaban J connectivity index is 2.69. The number of hydrogen-bond donors (Lipinski definition) is 2. The Morgan fingerprint density at radius 1 is 1.16 bits per heavy atom. The highest BCUT2D eigenvalue weighted by Gasteiger charge is 2.40. The zero-order valence-electron chi connectivity index (χ0n) is 13.8. The van der Waals surface area contributed by atoms with Crippen LogP contribution in [0.1, 0.15) is 67.7 Å². The average Bonchev–Trinajstić information content (AvgIpc) is 2.09. The molecule has 0 aromatic heterocycles. The molecule has 0 radical (unpaired) electrons. The Kier molecular flexibility index (Phi) is 4.41. The fourth-order valence-corrected chi connectivity index (χ4v) is 3.63. The van der Waals surface area contributed by atoms with Crippen LogP contribution in [0.2, 0.25) is 0 Å². The zero-order valence-corrected chi connectivity index (χ0v) is 13.8. The molecule has 1 atom stereocenters. The molecule has 0 aromatic rings. The first-order chi connectivity index (χ1) is 8.32. The molecule has 3 N–H and O–H groups in total. The highest BCUT2D eigenvalue weighted by molar-refractivity contribution is 5.82. The summed E-state index contributed by atoms with van der Waals surface area (Å²) in [6.45, 7) is 15.2. The van der Waals surface area contributed by atoms with Gasteiger partial charge in [0.2, 0.25) is 5.91 Å². The van der Waals surface area contributed by atoms with Crippen LogP contribution in [0.3, 0.4) is 0 Å². The van der Waals surface area contributed by atoms with Crippen LogP contribution in [0.25, 0.3) is 0 Å². The molecule has 0 aromatic carbocycles. The minimum absolute atomic E-state index is 0.00833. The van der Waals surface area contributed by atoms with E-state index in [0.29, 0.717) is 0 Å². The van der Waals surface area contributed by atoms with Crippen molar-refractivity contribution in [1.82, 2.24) is 5.32 Å². The molecule has 1 aliphatic rings. The van der Waals surface area contributed by atoms with E-state index in [1.54, 1.807) is 0 Å². The van der Waals surface area contributed by atoms with Crippen molar-refractivity contribution in [3.8, 4) is 0 Å². The number of carbonyl (C=O) groups excluding carboxylic acids is 1. The van der Waals surface area contributed by atoms with E-state index in [0.717, 1.165) is 12.8 Å². The number of amides is 1. The van der Waals surface area contributed by atoms with Crippen molar-refractivity contribution in [3.05, 3.63) is 0 Å². The highest BCUT2D eigenvalue weighted by atomic mass is 16.2. The summed E-state index contributed by atoms with van der Waals surface area (Å²) >= 11 is 0. The Hall–Kier alpha value is -0.570. The Bertz CT molecular complexity index is 323. The molecule has 0 saturated heterocycles. The molecule has 0 bridgehead atoms. The molecule has 0 heterocycles. The first-order valence-electron chi connectivity index (χ1n) is 7.38. The number of nitrogens with one attached hydrogen (secondary N) is 1. The second-order valence-corrected chi connectivity index (χ2v) is 8.96. The number of rotatable bonds is 2. The van der Waals surface area contributed by atoms with Crippen LogP contribution in [-0.2, 0) is 4.79 Å².